The number of aryl methyl sites for hydroxylation is 1. The van der Waals surface area contributed by atoms with Crippen molar-refractivity contribution >= 4 is 10.9 Å². The molecular formula is C14H20FN3O. The lowest BCUT2D eigenvalue weighted by molar-refractivity contribution is 0.164. The molecule has 1 atom stereocenters. The molecule has 4 nitrogen and oxygen atoms in total. The number of nitrogens with one attached hydrogen (secondary N) is 2. The first-order valence-electron chi connectivity index (χ1n) is 6.35. The van der Waals surface area contributed by atoms with Crippen LogP contribution < -0.4 is 5.32 Å². The molecule has 1 heterocycles. The fourth-order valence-corrected chi connectivity index (χ4v) is 2.02. The van der Waals surface area contributed by atoms with E-state index in [9.17, 15) is 9.50 Å². The van der Waals surface area contributed by atoms with Crippen molar-refractivity contribution in [1.29, 1.82) is 0 Å². The van der Waals surface area contributed by atoms with Gasteiger partial charge in [-0.25, -0.2) is 4.39 Å². The van der Waals surface area contributed by atoms with Crippen LogP contribution in [0.25, 0.3) is 10.9 Å². The molecule has 1 aromatic carbocycles. The zero-order chi connectivity index (χ0) is 14.2. The maximum Gasteiger partial charge on any atom is 0.128 e. The molecule has 0 aliphatic rings. The van der Waals surface area contributed by atoms with Gasteiger partial charge in [-0.1, -0.05) is 0 Å². The number of hydrogen-bond acceptors (Lipinski definition) is 3. The number of aromatic amines is 1. The molecule has 19 heavy (non-hydrogen) atoms. The van der Waals surface area contributed by atoms with Gasteiger partial charge in [-0.3, -0.25) is 5.10 Å². The number of H-pyrrole nitrogens is 1. The molecule has 0 fully saturated rings. The highest BCUT2D eigenvalue weighted by molar-refractivity contribution is 5.85. The summed E-state index contributed by atoms with van der Waals surface area (Å²) in [6.45, 7) is 8.11. The predicted octanol–water partition coefficient (Wildman–Crippen LogP) is 2.43. The van der Waals surface area contributed by atoms with Gasteiger partial charge in [0.15, 0.2) is 0 Å². The van der Waals surface area contributed by atoms with E-state index in [1.807, 2.05) is 20.8 Å². The number of rotatable bonds is 3. The summed E-state index contributed by atoms with van der Waals surface area (Å²) >= 11 is 0. The van der Waals surface area contributed by atoms with Crippen LogP contribution in [0.15, 0.2) is 12.3 Å². The maximum atomic E-state index is 13.8. The van der Waals surface area contributed by atoms with E-state index in [1.165, 1.54) is 6.07 Å². The number of halogens is 1. The van der Waals surface area contributed by atoms with E-state index >= 15 is 0 Å². The summed E-state index contributed by atoms with van der Waals surface area (Å²) in [5, 5.41) is 20.9. The van der Waals surface area contributed by atoms with Gasteiger partial charge in [0.25, 0.3) is 0 Å². The quantitative estimate of drug-likeness (QED) is 0.798. The number of aliphatic hydroxyl groups excluding tert-OH is 1. The summed E-state index contributed by atoms with van der Waals surface area (Å²) in [5.74, 6) is -0.332. The first kappa shape index (κ1) is 14.0. The molecular weight excluding hydrogens is 245 g/mol. The van der Waals surface area contributed by atoms with E-state index in [4.69, 9.17) is 0 Å². The van der Waals surface area contributed by atoms with Crippen molar-refractivity contribution in [2.75, 3.05) is 6.54 Å². The molecule has 0 saturated heterocycles. The zero-order valence-electron chi connectivity index (χ0n) is 11.7. The van der Waals surface area contributed by atoms with E-state index in [0.29, 0.717) is 23.2 Å². The van der Waals surface area contributed by atoms with Crippen LogP contribution in [0.2, 0.25) is 0 Å². The Morgan fingerprint density at radius 1 is 1.47 bits per heavy atom. The molecule has 2 rings (SSSR count). The third kappa shape index (κ3) is 2.93. The van der Waals surface area contributed by atoms with E-state index in [-0.39, 0.29) is 11.4 Å². The minimum atomic E-state index is -0.769. The summed E-state index contributed by atoms with van der Waals surface area (Å²) in [5.41, 5.74) is 1.63. The van der Waals surface area contributed by atoms with Gasteiger partial charge in [0.1, 0.15) is 5.82 Å². The summed E-state index contributed by atoms with van der Waals surface area (Å²) in [7, 11) is 0. The minimum absolute atomic E-state index is 0.0975. The third-order valence-corrected chi connectivity index (χ3v) is 3.15. The first-order valence-corrected chi connectivity index (χ1v) is 6.35. The van der Waals surface area contributed by atoms with Crippen LogP contribution in [0, 0.1) is 12.7 Å². The van der Waals surface area contributed by atoms with Gasteiger partial charge in [-0.2, -0.15) is 5.10 Å². The standard InChI is InChI=1S/C14H20FN3O/c1-8-11(15)5-9(10-6-17-18-13(8)10)12(19)7-16-14(2,3)4/h5-6,12,16,19H,7H2,1-4H3,(H,17,18)/t12-/m0/s1. The smallest absolute Gasteiger partial charge is 0.128 e. The van der Waals surface area contributed by atoms with Gasteiger partial charge >= 0.3 is 0 Å². The maximum absolute atomic E-state index is 13.8. The molecule has 0 saturated carbocycles. The molecule has 0 spiro atoms. The second kappa shape index (κ2) is 4.90. The second-order valence-corrected chi connectivity index (χ2v) is 5.88. The summed E-state index contributed by atoms with van der Waals surface area (Å²) < 4.78 is 13.8. The lowest BCUT2D eigenvalue weighted by atomic mass is 10.0. The molecule has 104 valence electrons. The summed E-state index contributed by atoms with van der Waals surface area (Å²) in [6, 6.07) is 1.39. The molecule has 0 aliphatic heterocycles. The van der Waals surface area contributed by atoms with Crippen LogP contribution >= 0.6 is 0 Å². The van der Waals surface area contributed by atoms with Crippen molar-refractivity contribution in [2.45, 2.75) is 39.3 Å². The topological polar surface area (TPSA) is 60.9 Å². The molecule has 0 amide bonds. The lowest BCUT2D eigenvalue weighted by Crippen LogP contribution is -2.38. The Labute approximate surface area is 112 Å². The average Bonchev–Trinajstić information content (AvgIpc) is 2.79. The van der Waals surface area contributed by atoms with Gasteiger partial charge in [-0.15, -0.1) is 0 Å². The number of aromatic nitrogens is 2. The molecule has 2 aromatic rings. The summed E-state index contributed by atoms with van der Waals surface area (Å²) in [4.78, 5) is 0. The number of fused-ring (bicyclic) bond motifs is 1. The Kier molecular flexibility index (Phi) is 3.60. The highest BCUT2D eigenvalue weighted by Gasteiger charge is 2.18. The molecule has 5 heteroatoms. The Hall–Kier alpha value is -1.46. The molecule has 1 aromatic heterocycles. The van der Waals surface area contributed by atoms with Crippen LogP contribution in [-0.2, 0) is 0 Å². The molecule has 0 bridgehead atoms. The Bertz CT molecular complexity index is 586. The second-order valence-electron chi connectivity index (χ2n) is 5.88. The van der Waals surface area contributed by atoms with Gasteiger partial charge in [0.05, 0.1) is 17.8 Å². The van der Waals surface area contributed by atoms with Gasteiger partial charge < -0.3 is 10.4 Å². The van der Waals surface area contributed by atoms with Crippen LogP contribution in [0.5, 0.6) is 0 Å². The molecule has 0 radical (unpaired) electrons. The van der Waals surface area contributed by atoms with E-state index in [2.05, 4.69) is 15.5 Å². The molecule has 0 unspecified atom stereocenters. The van der Waals surface area contributed by atoms with Crippen molar-refractivity contribution in [3.63, 3.8) is 0 Å². The van der Waals surface area contributed by atoms with Crippen molar-refractivity contribution in [1.82, 2.24) is 15.5 Å². The van der Waals surface area contributed by atoms with Crippen molar-refractivity contribution in [3.05, 3.63) is 29.2 Å². The highest BCUT2D eigenvalue weighted by Crippen LogP contribution is 2.27. The van der Waals surface area contributed by atoms with Crippen molar-refractivity contribution in [3.8, 4) is 0 Å². The number of aliphatic hydroxyl groups is 1. The highest BCUT2D eigenvalue weighted by atomic mass is 19.1. The molecule has 3 N–H and O–H groups in total. The van der Waals surface area contributed by atoms with Gasteiger partial charge in [-0.05, 0) is 39.3 Å². The fourth-order valence-electron chi connectivity index (χ4n) is 2.02. The Balaban J connectivity index is 2.34. The number of hydrogen-bond donors (Lipinski definition) is 3. The predicted molar refractivity (Wildman–Crippen MR) is 73.5 cm³/mol. The fraction of sp³-hybridized carbons (Fsp3) is 0.500. The first-order chi connectivity index (χ1) is 8.79. The van der Waals surface area contributed by atoms with Gasteiger partial charge in [0, 0.05) is 23.0 Å². The van der Waals surface area contributed by atoms with Crippen LogP contribution in [0.4, 0.5) is 4.39 Å². The van der Waals surface area contributed by atoms with E-state index in [0.717, 1.165) is 5.39 Å². The zero-order valence-corrected chi connectivity index (χ0v) is 11.7. The van der Waals surface area contributed by atoms with Crippen LogP contribution in [0.3, 0.4) is 0 Å². The SMILES string of the molecule is Cc1c(F)cc([C@@H](O)CNC(C)(C)C)c2cn[nH]c12. The Morgan fingerprint density at radius 2 is 2.16 bits per heavy atom. The van der Waals surface area contributed by atoms with E-state index in [1.54, 1.807) is 13.1 Å². The summed E-state index contributed by atoms with van der Waals surface area (Å²) in [6.07, 6.45) is 0.853. The number of β-amino-alcohol motifs (C(OH)–C–C–N with tert-alkyl or cyclic N) is 1. The number of nitrogens with zero attached hydrogens (tertiary/aromatic N) is 1. The Morgan fingerprint density at radius 3 is 2.79 bits per heavy atom. The minimum Gasteiger partial charge on any atom is -0.387 e. The normalized spacial score (nSPS) is 14.0. The van der Waals surface area contributed by atoms with Gasteiger partial charge in [0.2, 0.25) is 0 Å². The van der Waals surface area contributed by atoms with Crippen LogP contribution in [0.1, 0.15) is 38.0 Å². The van der Waals surface area contributed by atoms with Crippen LogP contribution in [-0.4, -0.2) is 27.4 Å². The monoisotopic (exact) mass is 265 g/mol. The number of benzene rings is 1. The van der Waals surface area contributed by atoms with E-state index < -0.39 is 6.10 Å². The van der Waals surface area contributed by atoms with Crippen molar-refractivity contribution in [2.24, 2.45) is 0 Å². The largest absolute Gasteiger partial charge is 0.387 e. The molecule has 0 aliphatic carbocycles. The lowest BCUT2D eigenvalue weighted by Gasteiger charge is -2.23. The van der Waals surface area contributed by atoms with Crippen molar-refractivity contribution < 1.29 is 9.50 Å². The average molecular weight is 265 g/mol. The third-order valence-electron chi connectivity index (χ3n) is 3.15.